The Morgan fingerprint density at radius 2 is 1.78 bits per heavy atom. The van der Waals surface area contributed by atoms with E-state index < -0.39 is 11.7 Å². The first-order chi connectivity index (χ1) is 10.8. The molecule has 124 valence electrons. The minimum atomic E-state index is -4.44. The summed E-state index contributed by atoms with van der Waals surface area (Å²) in [6.07, 6.45) is -3.59. The van der Waals surface area contributed by atoms with Crippen LogP contribution in [-0.2, 0) is 6.18 Å². The van der Waals surface area contributed by atoms with Crippen LogP contribution in [0.2, 0.25) is 10.0 Å². The zero-order chi connectivity index (χ0) is 17.0. The normalized spacial score (nSPS) is 11.3. The fraction of sp³-hybridized carbons (Fsp3) is 0.214. The predicted octanol–water partition coefficient (Wildman–Crippen LogP) is 3.93. The number of benzene rings is 1. The van der Waals surface area contributed by atoms with Gasteiger partial charge in [0.25, 0.3) is 5.82 Å². The van der Waals surface area contributed by atoms with E-state index in [0.717, 1.165) is 12.3 Å². The smallest absolute Gasteiger partial charge is 0.397 e. The average molecular weight is 366 g/mol. The van der Waals surface area contributed by atoms with E-state index in [1.165, 1.54) is 0 Å². The first-order valence-electron chi connectivity index (χ1n) is 6.59. The molecule has 2 rings (SSSR count). The number of aromatic amines is 1. The third-order valence-corrected chi connectivity index (χ3v) is 3.61. The number of H-pyrrole nitrogens is 1. The van der Waals surface area contributed by atoms with Crippen molar-refractivity contribution in [1.29, 1.82) is 0 Å². The molecule has 23 heavy (non-hydrogen) atoms. The molecule has 4 nitrogen and oxygen atoms in total. The fourth-order valence-corrected chi connectivity index (χ4v) is 2.36. The van der Waals surface area contributed by atoms with Crippen molar-refractivity contribution in [2.45, 2.75) is 6.18 Å². The summed E-state index contributed by atoms with van der Waals surface area (Å²) < 4.78 is 37.6. The van der Waals surface area contributed by atoms with Gasteiger partial charge in [-0.3, -0.25) is 5.32 Å². The lowest BCUT2D eigenvalue weighted by Crippen LogP contribution is -2.21. The summed E-state index contributed by atoms with van der Waals surface area (Å²) >= 11 is 11.8. The van der Waals surface area contributed by atoms with Gasteiger partial charge in [-0.2, -0.15) is 13.2 Å². The summed E-state index contributed by atoms with van der Waals surface area (Å²) in [6, 6.07) is 6.01. The number of nitrogen functional groups attached to an aromatic ring is 1. The Bertz CT molecular complexity index is 672. The molecule has 0 radical (unpaired) electrons. The molecule has 0 unspecified atom stereocenters. The maximum absolute atomic E-state index is 12.5. The molecular formula is C14H14Cl2F3N4+. The van der Waals surface area contributed by atoms with Crippen LogP contribution in [-0.4, -0.2) is 13.1 Å². The van der Waals surface area contributed by atoms with Crippen LogP contribution in [0.25, 0.3) is 0 Å². The third kappa shape index (κ3) is 4.56. The van der Waals surface area contributed by atoms with E-state index >= 15 is 0 Å². The summed E-state index contributed by atoms with van der Waals surface area (Å²) in [4.78, 5) is 2.49. The van der Waals surface area contributed by atoms with E-state index in [4.69, 9.17) is 28.9 Å². The number of alkyl halides is 3. The first kappa shape index (κ1) is 17.5. The molecule has 0 amide bonds. The van der Waals surface area contributed by atoms with Crippen molar-refractivity contribution >= 4 is 40.4 Å². The molecule has 2 aromatic rings. The quantitative estimate of drug-likeness (QED) is 0.555. The maximum Gasteiger partial charge on any atom is 0.419 e. The Balaban J connectivity index is 1.92. The molecule has 0 bridgehead atoms. The second-order valence-corrected chi connectivity index (χ2v) is 5.48. The molecule has 0 atom stereocenters. The predicted molar refractivity (Wildman–Crippen MR) is 85.9 cm³/mol. The molecule has 0 saturated carbocycles. The van der Waals surface area contributed by atoms with E-state index in [1.54, 1.807) is 18.2 Å². The van der Waals surface area contributed by atoms with Crippen molar-refractivity contribution in [1.82, 2.24) is 0 Å². The molecule has 0 spiro atoms. The molecule has 0 aliphatic carbocycles. The minimum absolute atomic E-state index is 0.0444. The van der Waals surface area contributed by atoms with Crippen molar-refractivity contribution in [3.63, 3.8) is 0 Å². The zero-order valence-corrected chi connectivity index (χ0v) is 13.3. The lowest BCUT2D eigenvalue weighted by atomic mass is 10.2. The number of para-hydroxylation sites is 1. The standard InChI is InChI=1S/C14H13Cl2F3N4/c15-9-2-1-3-11(20)12(9)21-4-5-22-13-10(16)6-8(7-23-13)14(17,18)19/h1-3,6-7,21H,4-5,20H2,(H,22,23)/p+1. The number of nitrogens with two attached hydrogens (primary N) is 1. The number of aromatic nitrogens is 1. The Morgan fingerprint density at radius 1 is 1.09 bits per heavy atom. The number of nitrogens with one attached hydrogen (secondary N) is 3. The average Bonchev–Trinajstić information content (AvgIpc) is 2.46. The molecule has 1 heterocycles. The van der Waals surface area contributed by atoms with Gasteiger partial charge in [-0.1, -0.05) is 29.3 Å². The van der Waals surface area contributed by atoms with Crippen molar-refractivity contribution < 1.29 is 18.2 Å². The van der Waals surface area contributed by atoms with Crippen LogP contribution >= 0.6 is 23.2 Å². The summed E-state index contributed by atoms with van der Waals surface area (Å²) in [7, 11) is 0. The molecule has 5 N–H and O–H groups in total. The highest BCUT2D eigenvalue weighted by Gasteiger charge is 2.32. The second kappa shape index (κ2) is 7.14. The molecule has 0 aliphatic heterocycles. The van der Waals surface area contributed by atoms with Gasteiger partial charge in [-0.15, -0.1) is 0 Å². The molecule has 0 aliphatic rings. The highest BCUT2D eigenvalue weighted by Crippen LogP contribution is 2.31. The number of halogens is 5. The van der Waals surface area contributed by atoms with E-state index in [2.05, 4.69) is 15.6 Å². The van der Waals surface area contributed by atoms with Crippen molar-refractivity contribution in [3.8, 4) is 0 Å². The summed E-state index contributed by atoms with van der Waals surface area (Å²) in [5, 5.41) is 6.40. The zero-order valence-electron chi connectivity index (χ0n) is 11.8. The first-order valence-corrected chi connectivity index (χ1v) is 7.35. The Hall–Kier alpha value is -1.86. The third-order valence-electron chi connectivity index (χ3n) is 2.99. The van der Waals surface area contributed by atoms with Crippen molar-refractivity contribution in [2.75, 3.05) is 29.5 Å². The van der Waals surface area contributed by atoms with Crippen molar-refractivity contribution in [2.24, 2.45) is 0 Å². The molecule has 9 heteroatoms. The van der Waals surface area contributed by atoms with E-state index in [9.17, 15) is 13.2 Å². The van der Waals surface area contributed by atoms with Gasteiger partial charge in [-0.05, 0) is 18.2 Å². The van der Waals surface area contributed by atoms with Gasteiger partial charge in [0.15, 0.2) is 0 Å². The van der Waals surface area contributed by atoms with Gasteiger partial charge in [-0.25, -0.2) is 4.98 Å². The highest BCUT2D eigenvalue weighted by molar-refractivity contribution is 6.34. The lowest BCUT2D eigenvalue weighted by Gasteiger charge is -2.10. The van der Waals surface area contributed by atoms with Crippen LogP contribution in [0, 0.1) is 0 Å². The Kier molecular flexibility index (Phi) is 5.43. The topological polar surface area (TPSA) is 64.2 Å². The summed E-state index contributed by atoms with van der Waals surface area (Å²) in [6.45, 7) is 0.839. The number of hydrogen-bond donors (Lipinski definition) is 3. The van der Waals surface area contributed by atoms with Crippen LogP contribution in [0.3, 0.4) is 0 Å². The monoisotopic (exact) mass is 365 g/mol. The van der Waals surface area contributed by atoms with Gasteiger partial charge in [0.2, 0.25) is 0 Å². The highest BCUT2D eigenvalue weighted by atomic mass is 35.5. The SMILES string of the molecule is Nc1cccc(Cl)c1NCCNc1[nH+]cc(C(F)(F)F)cc1Cl. The fourth-order valence-electron chi connectivity index (χ4n) is 1.87. The maximum atomic E-state index is 12.5. The Morgan fingerprint density at radius 3 is 2.39 bits per heavy atom. The number of rotatable bonds is 5. The largest absolute Gasteiger partial charge is 0.419 e. The molecule has 1 aromatic carbocycles. The molecular weight excluding hydrogens is 352 g/mol. The number of hydrogen-bond acceptors (Lipinski definition) is 3. The second-order valence-electron chi connectivity index (χ2n) is 4.67. The summed E-state index contributed by atoms with van der Waals surface area (Å²) in [5.74, 6) is 0.300. The summed E-state index contributed by atoms with van der Waals surface area (Å²) in [5.41, 5.74) is 6.08. The lowest BCUT2D eigenvalue weighted by molar-refractivity contribution is -0.364. The van der Waals surface area contributed by atoms with Crippen molar-refractivity contribution in [3.05, 3.63) is 46.1 Å². The van der Waals surface area contributed by atoms with Crippen LogP contribution in [0.5, 0.6) is 0 Å². The minimum Gasteiger partial charge on any atom is -0.397 e. The van der Waals surface area contributed by atoms with Crippen LogP contribution in [0.1, 0.15) is 5.56 Å². The van der Waals surface area contributed by atoms with Gasteiger partial charge >= 0.3 is 6.18 Å². The van der Waals surface area contributed by atoms with Gasteiger partial charge < -0.3 is 11.1 Å². The van der Waals surface area contributed by atoms with E-state index in [1.807, 2.05) is 0 Å². The number of pyridine rings is 1. The van der Waals surface area contributed by atoms with Gasteiger partial charge in [0.1, 0.15) is 17.8 Å². The molecule has 0 fully saturated rings. The van der Waals surface area contributed by atoms with E-state index in [0.29, 0.717) is 35.3 Å². The van der Waals surface area contributed by atoms with Gasteiger partial charge in [0, 0.05) is 0 Å². The number of anilines is 3. The van der Waals surface area contributed by atoms with Gasteiger partial charge in [0.05, 0.1) is 28.5 Å². The molecule has 1 aromatic heterocycles. The van der Waals surface area contributed by atoms with Crippen LogP contribution in [0.4, 0.5) is 30.4 Å². The Labute approximate surface area is 140 Å². The van der Waals surface area contributed by atoms with Crippen LogP contribution in [0.15, 0.2) is 30.5 Å². The molecule has 0 saturated heterocycles. The van der Waals surface area contributed by atoms with Crippen LogP contribution < -0.4 is 21.4 Å². The van der Waals surface area contributed by atoms with E-state index in [-0.39, 0.29) is 5.02 Å².